The van der Waals surface area contributed by atoms with Gasteiger partial charge in [-0.25, -0.2) is 4.79 Å². The van der Waals surface area contributed by atoms with Gasteiger partial charge in [-0.2, -0.15) is 0 Å². The van der Waals surface area contributed by atoms with E-state index in [0.717, 1.165) is 4.88 Å². The van der Waals surface area contributed by atoms with Crippen molar-refractivity contribution in [3.63, 3.8) is 0 Å². The normalized spacial score (nSPS) is 13.6. The number of halogens is 1. The lowest BCUT2D eigenvalue weighted by Crippen LogP contribution is -2.41. The quantitative estimate of drug-likeness (QED) is 0.756. The number of carbonyl (C=O) groups excluding carboxylic acids is 1. The van der Waals surface area contributed by atoms with Gasteiger partial charge in [-0.3, -0.25) is 4.79 Å². The van der Waals surface area contributed by atoms with Gasteiger partial charge in [-0.1, -0.05) is 11.6 Å². The molecule has 2 amide bonds. The molecule has 0 aliphatic carbocycles. The first-order valence-corrected chi connectivity index (χ1v) is 7.12. The topological polar surface area (TPSA) is 78.4 Å². The SMILES string of the molecule is CC(CCC(=O)O)NC(=O)NC(C)c1ccc(Cl)s1. The molecule has 2 atom stereocenters. The minimum absolute atomic E-state index is 0.0392. The van der Waals surface area contributed by atoms with Gasteiger partial charge < -0.3 is 15.7 Å². The lowest BCUT2D eigenvalue weighted by molar-refractivity contribution is -0.137. The number of carboxylic acid groups (broad SMARTS) is 1. The molecule has 0 bridgehead atoms. The average molecular weight is 305 g/mol. The zero-order chi connectivity index (χ0) is 14.4. The summed E-state index contributed by atoms with van der Waals surface area (Å²) in [6, 6.07) is 3.02. The number of carboxylic acids is 1. The number of hydrogen-bond donors (Lipinski definition) is 3. The monoisotopic (exact) mass is 304 g/mol. The summed E-state index contributed by atoms with van der Waals surface area (Å²) in [6.45, 7) is 3.64. The van der Waals surface area contributed by atoms with Crippen molar-refractivity contribution in [3.05, 3.63) is 21.3 Å². The van der Waals surface area contributed by atoms with E-state index in [4.69, 9.17) is 16.7 Å². The number of urea groups is 1. The molecule has 3 N–H and O–H groups in total. The second-order valence-corrected chi connectivity index (χ2v) is 6.06. The van der Waals surface area contributed by atoms with Gasteiger partial charge in [0.25, 0.3) is 0 Å². The molecular weight excluding hydrogens is 288 g/mol. The van der Waals surface area contributed by atoms with E-state index in [2.05, 4.69) is 10.6 Å². The van der Waals surface area contributed by atoms with Gasteiger partial charge >= 0.3 is 12.0 Å². The Kier molecular flexibility index (Phi) is 6.11. The van der Waals surface area contributed by atoms with Gasteiger partial charge in [-0.15, -0.1) is 11.3 Å². The lowest BCUT2D eigenvalue weighted by atomic mass is 10.2. The average Bonchev–Trinajstić information content (AvgIpc) is 2.73. The summed E-state index contributed by atoms with van der Waals surface area (Å²) in [6.07, 6.45) is 0.444. The molecular formula is C12H17ClN2O3S. The third-order valence-corrected chi connectivity index (χ3v) is 3.95. The van der Waals surface area contributed by atoms with Crippen LogP contribution in [0.3, 0.4) is 0 Å². The standard InChI is InChI=1S/C12H17ClN2O3S/c1-7(3-6-11(16)17)14-12(18)15-8(2)9-4-5-10(13)19-9/h4-5,7-8H,3,6H2,1-2H3,(H,16,17)(H2,14,15,18). The molecule has 2 unspecified atom stereocenters. The number of amides is 2. The highest BCUT2D eigenvalue weighted by Crippen LogP contribution is 2.26. The van der Waals surface area contributed by atoms with Crippen molar-refractivity contribution in [2.45, 2.75) is 38.8 Å². The molecule has 5 nitrogen and oxygen atoms in total. The maximum atomic E-state index is 11.7. The van der Waals surface area contributed by atoms with Gasteiger partial charge in [0, 0.05) is 17.3 Å². The summed E-state index contributed by atoms with van der Waals surface area (Å²) in [5.41, 5.74) is 0. The summed E-state index contributed by atoms with van der Waals surface area (Å²) in [4.78, 5) is 23.1. The van der Waals surface area contributed by atoms with Crippen LogP contribution in [0.15, 0.2) is 12.1 Å². The van der Waals surface area contributed by atoms with E-state index in [1.54, 1.807) is 13.0 Å². The van der Waals surface area contributed by atoms with Crippen molar-refractivity contribution in [1.82, 2.24) is 10.6 Å². The van der Waals surface area contributed by atoms with Crippen LogP contribution in [0, 0.1) is 0 Å². The first-order valence-electron chi connectivity index (χ1n) is 5.92. The minimum atomic E-state index is -0.865. The molecule has 0 saturated carbocycles. The molecule has 1 heterocycles. The molecule has 0 aliphatic heterocycles. The molecule has 0 aromatic carbocycles. The van der Waals surface area contributed by atoms with Gasteiger partial charge in [-0.05, 0) is 32.4 Å². The van der Waals surface area contributed by atoms with Crippen molar-refractivity contribution in [3.8, 4) is 0 Å². The fourth-order valence-electron chi connectivity index (χ4n) is 1.51. The van der Waals surface area contributed by atoms with Crippen molar-refractivity contribution in [2.75, 3.05) is 0 Å². The number of rotatable bonds is 6. The Hall–Kier alpha value is -1.27. The van der Waals surface area contributed by atoms with Crippen LogP contribution in [0.25, 0.3) is 0 Å². The minimum Gasteiger partial charge on any atom is -0.481 e. The van der Waals surface area contributed by atoms with E-state index < -0.39 is 5.97 Å². The van der Waals surface area contributed by atoms with Crippen LogP contribution in [0.4, 0.5) is 4.79 Å². The van der Waals surface area contributed by atoms with Gasteiger partial charge in [0.1, 0.15) is 0 Å². The Morgan fingerprint density at radius 3 is 2.58 bits per heavy atom. The zero-order valence-corrected chi connectivity index (χ0v) is 12.3. The van der Waals surface area contributed by atoms with Crippen LogP contribution < -0.4 is 10.6 Å². The van der Waals surface area contributed by atoms with Crippen LogP contribution in [0.1, 0.15) is 37.6 Å². The fourth-order valence-corrected chi connectivity index (χ4v) is 2.57. The Balaban J connectivity index is 2.36. The van der Waals surface area contributed by atoms with Gasteiger partial charge in [0.05, 0.1) is 10.4 Å². The van der Waals surface area contributed by atoms with Crippen LogP contribution in [-0.2, 0) is 4.79 Å². The third-order valence-electron chi connectivity index (χ3n) is 2.54. The maximum absolute atomic E-state index is 11.7. The second kappa shape index (κ2) is 7.35. The highest BCUT2D eigenvalue weighted by Gasteiger charge is 2.13. The maximum Gasteiger partial charge on any atom is 0.315 e. The van der Waals surface area contributed by atoms with Crippen molar-refractivity contribution in [1.29, 1.82) is 0 Å². The summed E-state index contributed by atoms with van der Waals surface area (Å²) < 4.78 is 0.680. The first kappa shape index (κ1) is 15.8. The number of carbonyl (C=O) groups is 2. The van der Waals surface area contributed by atoms with Crippen LogP contribution in [0.2, 0.25) is 4.34 Å². The van der Waals surface area contributed by atoms with E-state index in [9.17, 15) is 9.59 Å². The second-order valence-electron chi connectivity index (χ2n) is 4.31. The molecule has 0 spiro atoms. The predicted molar refractivity (Wildman–Crippen MR) is 75.7 cm³/mol. The largest absolute Gasteiger partial charge is 0.481 e. The predicted octanol–water partition coefficient (Wildman–Crippen LogP) is 3.02. The van der Waals surface area contributed by atoms with E-state index in [-0.39, 0.29) is 24.5 Å². The summed E-state index contributed by atoms with van der Waals surface area (Å²) >= 11 is 7.25. The zero-order valence-electron chi connectivity index (χ0n) is 10.8. The smallest absolute Gasteiger partial charge is 0.315 e. The number of aliphatic carboxylic acids is 1. The summed E-state index contributed by atoms with van der Waals surface area (Å²) in [5, 5.41) is 14.0. The Morgan fingerprint density at radius 2 is 2.05 bits per heavy atom. The Bertz CT molecular complexity index is 450. The van der Waals surface area contributed by atoms with Crippen LogP contribution in [-0.4, -0.2) is 23.1 Å². The van der Waals surface area contributed by atoms with Crippen molar-refractivity contribution < 1.29 is 14.7 Å². The first-order chi connectivity index (χ1) is 8.88. The summed E-state index contributed by atoms with van der Waals surface area (Å²) in [5.74, 6) is -0.865. The lowest BCUT2D eigenvalue weighted by Gasteiger charge is -2.17. The fraction of sp³-hybridized carbons (Fsp3) is 0.500. The molecule has 0 radical (unpaired) electrons. The number of nitrogens with one attached hydrogen (secondary N) is 2. The molecule has 7 heteroatoms. The van der Waals surface area contributed by atoms with E-state index in [1.165, 1.54) is 11.3 Å². The number of thiophene rings is 1. The highest BCUT2D eigenvalue weighted by atomic mass is 35.5. The van der Waals surface area contributed by atoms with Gasteiger partial charge in [0.2, 0.25) is 0 Å². The summed E-state index contributed by atoms with van der Waals surface area (Å²) in [7, 11) is 0. The number of hydrogen-bond acceptors (Lipinski definition) is 3. The van der Waals surface area contributed by atoms with Gasteiger partial charge in [0.15, 0.2) is 0 Å². The molecule has 106 valence electrons. The van der Waals surface area contributed by atoms with E-state index in [1.807, 2.05) is 13.0 Å². The third kappa shape index (κ3) is 5.94. The van der Waals surface area contributed by atoms with Crippen LogP contribution in [0.5, 0.6) is 0 Å². The highest BCUT2D eigenvalue weighted by molar-refractivity contribution is 7.16. The molecule has 19 heavy (non-hydrogen) atoms. The Morgan fingerprint density at radius 1 is 1.37 bits per heavy atom. The van der Waals surface area contributed by atoms with Crippen molar-refractivity contribution >= 4 is 34.9 Å². The molecule has 0 fully saturated rings. The van der Waals surface area contributed by atoms with Crippen LogP contribution >= 0.6 is 22.9 Å². The molecule has 0 saturated heterocycles. The molecule has 1 aromatic heterocycles. The van der Waals surface area contributed by atoms with E-state index in [0.29, 0.717) is 10.8 Å². The van der Waals surface area contributed by atoms with Crippen molar-refractivity contribution in [2.24, 2.45) is 0 Å². The molecule has 0 aliphatic rings. The Labute approximate surface area is 121 Å². The molecule has 1 aromatic rings. The van der Waals surface area contributed by atoms with E-state index >= 15 is 0 Å². The molecule has 1 rings (SSSR count).